The fourth-order valence-electron chi connectivity index (χ4n) is 1.03. The van der Waals surface area contributed by atoms with Gasteiger partial charge in [0.05, 0.1) is 5.69 Å². The second-order valence-corrected chi connectivity index (χ2v) is 4.19. The maximum absolute atomic E-state index is 4.50. The number of nitrogens with one attached hydrogen (secondary N) is 1. The van der Waals surface area contributed by atoms with E-state index in [1.807, 2.05) is 0 Å². The van der Waals surface area contributed by atoms with E-state index in [-0.39, 0.29) is 0 Å². The smallest absolute Gasteiger partial charge is 0.107 e. The standard InChI is InChI=1S/C9H17N3S/c1-4-10-5-8-7-13-9(11-8)6-12(2)3/h7,10H,4-6H2,1-3H3. The van der Waals surface area contributed by atoms with Crippen LogP contribution in [0, 0.1) is 0 Å². The van der Waals surface area contributed by atoms with Crippen LogP contribution in [0.15, 0.2) is 5.38 Å². The van der Waals surface area contributed by atoms with Crippen molar-refractivity contribution in [2.45, 2.75) is 20.0 Å². The average molecular weight is 199 g/mol. The maximum atomic E-state index is 4.50. The van der Waals surface area contributed by atoms with Gasteiger partial charge in [-0.3, -0.25) is 0 Å². The molecular weight excluding hydrogens is 182 g/mol. The molecule has 0 atom stereocenters. The fourth-order valence-corrected chi connectivity index (χ4v) is 1.94. The quantitative estimate of drug-likeness (QED) is 0.775. The van der Waals surface area contributed by atoms with Crippen molar-refractivity contribution in [3.05, 3.63) is 16.1 Å². The highest BCUT2D eigenvalue weighted by Gasteiger charge is 2.01. The molecule has 13 heavy (non-hydrogen) atoms. The largest absolute Gasteiger partial charge is 0.311 e. The summed E-state index contributed by atoms with van der Waals surface area (Å²) in [4.78, 5) is 6.64. The Bertz CT molecular complexity index is 245. The van der Waals surface area contributed by atoms with Gasteiger partial charge in [-0.05, 0) is 20.6 Å². The van der Waals surface area contributed by atoms with Crippen LogP contribution in [0.25, 0.3) is 0 Å². The SMILES string of the molecule is CCNCc1csc(CN(C)C)n1. The lowest BCUT2D eigenvalue weighted by Crippen LogP contribution is -2.13. The summed E-state index contributed by atoms with van der Waals surface area (Å²) in [6.07, 6.45) is 0. The Kier molecular flexibility index (Phi) is 4.35. The number of aromatic nitrogens is 1. The third-order valence-corrected chi connectivity index (χ3v) is 2.49. The summed E-state index contributed by atoms with van der Waals surface area (Å²) in [6, 6.07) is 0. The first-order valence-corrected chi connectivity index (χ1v) is 5.39. The summed E-state index contributed by atoms with van der Waals surface area (Å²) in [7, 11) is 4.12. The molecule has 0 bridgehead atoms. The van der Waals surface area contributed by atoms with Crippen molar-refractivity contribution in [2.75, 3.05) is 20.6 Å². The van der Waals surface area contributed by atoms with Crippen LogP contribution in [-0.4, -0.2) is 30.5 Å². The van der Waals surface area contributed by atoms with Crippen molar-refractivity contribution >= 4 is 11.3 Å². The van der Waals surface area contributed by atoms with E-state index in [0.29, 0.717) is 0 Å². The van der Waals surface area contributed by atoms with Crippen LogP contribution in [0.5, 0.6) is 0 Å². The minimum atomic E-state index is 0.889. The topological polar surface area (TPSA) is 28.2 Å². The predicted molar refractivity (Wildman–Crippen MR) is 56.9 cm³/mol. The summed E-state index contributed by atoms with van der Waals surface area (Å²) in [6.45, 7) is 4.94. The summed E-state index contributed by atoms with van der Waals surface area (Å²) in [5.74, 6) is 0. The van der Waals surface area contributed by atoms with Gasteiger partial charge in [-0.1, -0.05) is 6.92 Å². The average Bonchev–Trinajstić information content (AvgIpc) is 2.48. The highest BCUT2D eigenvalue weighted by Crippen LogP contribution is 2.10. The molecule has 1 aromatic rings. The molecule has 1 heterocycles. The highest BCUT2D eigenvalue weighted by atomic mass is 32.1. The summed E-state index contributed by atoms with van der Waals surface area (Å²) in [5.41, 5.74) is 1.16. The second-order valence-electron chi connectivity index (χ2n) is 3.25. The van der Waals surface area contributed by atoms with E-state index in [1.54, 1.807) is 11.3 Å². The van der Waals surface area contributed by atoms with Crippen LogP contribution in [-0.2, 0) is 13.1 Å². The van der Waals surface area contributed by atoms with Gasteiger partial charge >= 0.3 is 0 Å². The van der Waals surface area contributed by atoms with Crippen molar-refractivity contribution in [2.24, 2.45) is 0 Å². The van der Waals surface area contributed by atoms with E-state index in [2.05, 4.69) is 41.6 Å². The van der Waals surface area contributed by atoms with Crippen LogP contribution in [0.1, 0.15) is 17.6 Å². The Hall–Kier alpha value is -0.450. The van der Waals surface area contributed by atoms with Crippen molar-refractivity contribution in [1.82, 2.24) is 15.2 Å². The molecule has 0 fully saturated rings. The van der Waals surface area contributed by atoms with E-state index in [9.17, 15) is 0 Å². The molecule has 74 valence electrons. The first-order chi connectivity index (χ1) is 6.22. The first kappa shape index (κ1) is 10.6. The Morgan fingerprint density at radius 3 is 2.92 bits per heavy atom. The second kappa shape index (κ2) is 5.32. The maximum Gasteiger partial charge on any atom is 0.107 e. The molecule has 0 aliphatic carbocycles. The molecule has 0 unspecified atom stereocenters. The molecule has 0 saturated carbocycles. The highest BCUT2D eigenvalue weighted by molar-refractivity contribution is 7.09. The molecule has 1 rings (SSSR count). The minimum Gasteiger partial charge on any atom is -0.311 e. The lowest BCUT2D eigenvalue weighted by atomic mass is 10.5. The molecule has 1 aromatic heterocycles. The van der Waals surface area contributed by atoms with Gasteiger partial charge in [-0.25, -0.2) is 4.98 Å². The van der Waals surface area contributed by atoms with Crippen LogP contribution in [0.2, 0.25) is 0 Å². The van der Waals surface area contributed by atoms with Crippen molar-refractivity contribution < 1.29 is 0 Å². The zero-order chi connectivity index (χ0) is 9.68. The van der Waals surface area contributed by atoms with Crippen LogP contribution < -0.4 is 5.32 Å². The Balaban J connectivity index is 2.44. The van der Waals surface area contributed by atoms with Crippen molar-refractivity contribution in [3.63, 3.8) is 0 Å². The van der Waals surface area contributed by atoms with Crippen LogP contribution in [0.4, 0.5) is 0 Å². The monoisotopic (exact) mass is 199 g/mol. The zero-order valence-electron chi connectivity index (χ0n) is 8.50. The van der Waals surface area contributed by atoms with Crippen LogP contribution >= 0.6 is 11.3 Å². The third-order valence-electron chi connectivity index (χ3n) is 1.61. The number of hydrogen-bond acceptors (Lipinski definition) is 4. The van der Waals surface area contributed by atoms with Crippen molar-refractivity contribution in [3.8, 4) is 0 Å². The van der Waals surface area contributed by atoms with Crippen LogP contribution in [0.3, 0.4) is 0 Å². The number of hydrogen-bond donors (Lipinski definition) is 1. The molecule has 0 aliphatic heterocycles. The molecule has 0 saturated heterocycles. The minimum absolute atomic E-state index is 0.889. The molecule has 4 heteroatoms. The molecule has 0 radical (unpaired) electrons. The molecular formula is C9H17N3S. The van der Waals surface area contributed by atoms with E-state index in [1.165, 1.54) is 5.01 Å². The summed E-state index contributed by atoms with van der Waals surface area (Å²) >= 11 is 1.74. The van der Waals surface area contributed by atoms with Gasteiger partial charge in [0, 0.05) is 18.5 Å². The molecule has 3 nitrogen and oxygen atoms in total. The van der Waals surface area contributed by atoms with Crippen molar-refractivity contribution in [1.29, 1.82) is 0 Å². The third kappa shape index (κ3) is 3.85. The molecule has 0 amide bonds. The lowest BCUT2D eigenvalue weighted by molar-refractivity contribution is 0.401. The van der Waals surface area contributed by atoms with Gasteiger partial charge in [0.15, 0.2) is 0 Å². The summed E-state index contributed by atoms with van der Waals surface area (Å²) < 4.78 is 0. The molecule has 0 spiro atoms. The summed E-state index contributed by atoms with van der Waals surface area (Å²) in [5, 5.41) is 6.58. The van der Waals surface area contributed by atoms with Gasteiger partial charge in [0.25, 0.3) is 0 Å². The number of thiazole rings is 1. The van der Waals surface area contributed by atoms with Gasteiger partial charge in [0.1, 0.15) is 5.01 Å². The fraction of sp³-hybridized carbons (Fsp3) is 0.667. The molecule has 1 N–H and O–H groups in total. The first-order valence-electron chi connectivity index (χ1n) is 4.51. The lowest BCUT2D eigenvalue weighted by Gasteiger charge is -2.05. The Morgan fingerprint density at radius 1 is 1.54 bits per heavy atom. The molecule has 0 aliphatic rings. The van der Waals surface area contributed by atoms with Gasteiger partial charge in [-0.2, -0.15) is 0 Å². The Morgan fingerprint density at radius 2 is 2.31 bits per heavy atom. The van der Waals surface area contributed by atoms with E-state index in [4.69, 9.17) is 0 Å². The van der Waals surface area contributed by atoms with E-state index >= 15 is 0 Å². The van der Waals surface area contributed by atoms with Gasteiger partial charge in [-0.15, -0.1) is 11.3 Å². The van der Waals surface area contributed by atoms with Gasteiger partial charge in [0.2, 0.25) is 0 Å². The zero-order valence-corrected chi connectivity index (χ0v) is 9.32. The molecule has 0 aromatic carbocycles. The Labute approximate surface area is 83.8 Å². The number of nitrogens with zero attached hydrogens (tertiary/aromatic N) is 2. The predicted octanol–water partition coefficient (Wildman–Crippen LogP) is 1.31. The normalized spacial score (nSPS) is 11.1. The van der Waals surface area contributed by atoms with E-state index < -0.39 is 0 Å². The number of rotatable bonds is 5. The van der Waals surface area contributed by atoms with E-state index in [0.717, 1.165) is 25.3 Å². The van der Waals surface area contributed by atoms with Gasteiger partial charge < -0.3 is 10.2 Å².